The quantitative estimate of drug-likeness (QED) is 0.0158. The van der Waals surface area contributed by atoms with E-state index in [1.54, 1.807) is 41.5 Å². The summed E-state index contributed by atoms with van der Waals surface area (Å²) in [5, 5.41) is 66.3. The zero-order valence-electron chi connectivity index (χ0n) is 58.9. The molecular formula is C63H106N18O19S2. The van der Waals surface area contributed by atoms with Gasteiger partial charge < -0.3 is 111 Å². The number of hydrogen-bond acceptors (Lipinski definition) is 22. The van der Waals surface area contributed by atoms with E-state index in [2.05, 4.69) is 58.2 Å². The average Bonchev–Trinajstić information content (AvgIpc) is 1.61. The van der Waals surface area contributed by atoms with Gasteiger partial charge >= 0.3 is 11.9 Å². The molecule has 0 aromatic carbocycles. The Bertz CT molecular complexity index is 3000. The van der Waals surface area contributed by atoms with E-state index in [0.29, 0.717) is 25.7 Å². The molecule has 0 saturated carbocycles. The van der Waals surface area contributed by atoms with Gasteiger partial charge in [0.1, 0.15) is 78.5 Å². The number of carboxylic acids is 2. The minimum Gasteiger partial charge on any atom is -0.481 e. The molecule has 22 N–H and O–H groups in total. The Balaban J connectivity index is 1.89. The number of aliphatic imine (C=N–C) groups is 1. The molecule has 574 valence electrons. The lowest BCUT2D eigenvalue weighted by molar-refractivity contribution is -0.149. The van der Waals surface area contributed by atoms with Gasteiger partial charge in [0, 0.05) is 37.7 Å². The summed E-state index contributed by atoms with van der Waals surface area (Å²) >= 11 is 0. The third-order valence-electron chi connectivity index (χ3n) is 18.4. The van der Waals surface area contributed by atoms with Gasteiger partial charge in [-0.15, -0.1) is 0 Å². The van der Waals surface area contributed by atoms with Crippen molar-refractivity contribution in [3.63, 3.8) is 0 Å². The molecule has 0 bridgehead atoms. The van der Waals surface area contributed by atoms with Crippen molar-refractivity contribution in [1.29, 1.82) is 0 Å². The van der Waals surface area contributed by atoms with Crippen LogP contribution in [0.5, 0.6) is 0 Å². The van der Waals surface area contributed by atoms with Crippen molar-refractivity contribution in [2.24, 2.45) is 45.7 Å². The summed E-state index contributed by atoms with van der Waals surface area (Å²) in [5.41, 5.74) is 22.4. The largest absolute Gasteiger partial charge is 0.481 e. The van der Waals surface area contributed by atoms with Crippen LogP contribution in [0.3, 0.4) is 0 Å². The fourth-order valence-corrected chi connectivity index (χ4v) is 14.4. The molecule has 0 spiro atoms. The molecule has 4 saturated heterocycles. The third kappa shape index (κ3) is 25.4. The Morgan fingerprint density at radius 2 is 1.21 bits per heavy atom. The molecule has 13 amide bonds. The summed E-state index contributed by atoms with van der Waals surface area (Å²) in [4.78, 5) is 219. The topological polar surface area (TPSA) is 583 Å². The summed E-state index contributed by atoms with van der Waals surface area (Å²) < 4.78 is 0. The van der Waals surface area contributed by atoms with E-state index < -0.39 is 222 Å². The number of amides is 13. The van der Waals surface area contributed by atoms with E-state index in [4.69, 9.17) is 22.9 Å². The molecule has 4 fully saturated rings. The van der Waals surface area contributed by atoms with Crippen LogP contribution in [-0.4, -0.2) is 272 Å². The summed E-state index contributed by atoms with van der Waals surface area (Å²) in [6, 6.07) is -19.6. The lowest BCUT2D eigenvalue weighted by Gasteiger charge is -2.35. The number of aliphatic carboxylic acids is 2. The van der Waals surface area contributed by atoms with E-state index in [1.807, 2.05) is 0 Å². The fraction of sp³-hybridized carbons (Fsp3) is 0.746. The highest BCUT2D eigenvalue weighted by Crippen LogP contribution is 2.29. The van der Waals surface area contributed by atoms with Crippen LogP contribution in [-0.2, 0) is 71.9 Å². The molecule has 4 heterocycles. The second-order valence-corrected chi connectivity index (χ2v) is 28.9. The van der Waals surface area contributed by atoms with Crippen molar-refractivity contribution in [2.75, 3.05) is 57.4 Å². The van der Waals surface area contributed by atoms with E-state index >= 15 is 4.79 Å². The number of carboxylic acid groups (broad SMARTS) is 2. The van der Waals surface area contributed by atoms with Gasteiger partial charge in [-0.25, -0.2) is 4.79 Å². The van der Waals surface area contributed by atoms with Crippen molar-refractivity contribution in [2.45, 2.75) is 223 Å². The Morgan fingerprint density at radius 1 is 0.627 bits per heavy atom. The molecule has 4 aliphatic rings. The maximum atomic E-state index is 15.0. The van der Waals surface area contributed by atoms with Crippen molar-refractivity contribution < 1.29 is 92.3 Å². The first-order valence-electron chi connectivity index (χ1n) is 34.6. The lowest BCUT2D eigenvalue weighted by atomic mass is 9.96. The maximum absolute atomic E-state index is 15.0. The fourth-order valence-electron chi connectivity index (χ4n) is 12.0. The zero-order valence-corrected chi connectivity index (χ0v) is 60.5. The number of carbonyl (C=O) groups excluding carboxylic acids is 13. The van der Waals surface area contributed by atoms with Crippen LogP contribution in [0.15, 0.2) is 4.99 Å². The van der Waals surface area contributed by atoms with Crippen LogP contribution in [0.4, 0.5) is 0 Å². The molecule has 0 radical (unpaired) electrons. The molecule has 0 aromatic rings. The van der Waals surface area contributed by atoms with Crippen LogP contribution in [0.1, 0.15) is 138 Å². The summed E-state index contributed by atoms with van der Waals surface area (Å²) in [5.74, 6) is -18.1. The van der Waals surface area contributed by atoms with Gasteiger partial charge in [-0.1, -0.05) is 76.0 Å². The molecule has 4 aliphatic heterocycles. The van der Waals surface area contributed by atoms with Gasteiger partial charge in [-0.05, 0) is 102 Å². The predicted octanol–water partition coefficient (Wildman–Crippen LogP) is -5.98. The smallest absolute Gasteiger partial charge is 0.326 e. The molecule has 0 unspecified atom stereocenters. The first-order chi connectivity index (χ1) is 48.2. The molecule has 0 aromatic heterocycles. The van der Waals surface area contributed by atoms with Crippen LogP contribution in [0.2, 0.25) is 0 Å². The van der Waals surface area contributed by atoms with E-state index in [-0.39, 0.29) is 96.5 Å². The number of guanidine groups is 1. The van der Waals surface area contributed by atoms with Crippen LogP contribution in [0, 0.1) is 17.8 Å². The van der Waals surface area contributed by atoms with Crippen LogP contribution in [0.25, 0.3) is 0 Å². The first-order valence-corrected chi connectivity index (χ1v) is 37.1. The highest BCUT2D eigenvalue weighted by atomic mass is 33.1. The number of aliphatic hydroxyl groups excluding tert-OH is 2. The SMILES string of the molecule is CC[C@H](C)[C@@H]1NC(=O)[C@@H]2CCCN2C(=O)[C@@H]2CCCN2C(=O)[C@H]([C@@H](C)CC)NC(=O)[C@H](CO)NC(=O)[C@H](CCCCN)NC(=O)[C@H]([C@@H](C)O)NC(=O)[C@@H](NC(=O)[C@H](CCCN=C(N)N)NC(=O)CN)CSSC[C@@H](C(=O)N[C@H](C(=O)N2CCC[C@H]2C(=O)N[C@@H](CC(=O)O)C(=O)O)C(C)C)NC1=O. The minimum atomic E-state index is -1.91. The molecule has 39 heteroatoms. The highest BCUT2D eigenvalue weighted by molar-refractivity contribution is 8.76. The van der Waals surface area contributed by atoms with Gasteiger partial charge in [0.2, 0.25) is 76.8 Å². The number of nitrogens with one attached hydrogen (secondary N) is 10. The van der Waals surface area contributed by atoms with E-state index in [0.717, 1.165) is 33.4 Å². The molecular weight excluding hydrogens is 1380 g/mol. The number of fused-ring (bicyclic) bond motifs is 2. The minimum absolute atomic E-state index is 0.00666. The first kappa shape index (κ1) is 86.3. The Labute approximate surface area is 600 Å². The number of carbonyl (C=O) groups is 15. The number of likely N-dealkylation sites (tertiary alicyclic amines) is 1. The number of nitrogens with zero attached hydrogens (tertiary/aromatic N) is 4. The lowest BCUT2D eigenvalue weighted by Crippen LogP contribution is -2.62. The summed E-state index contributed by atoms with van der Waals surface area (Å²) in [6.07, 6.45) is -0.499. The van der Waals surface area contributed by atoms with Gasteiger partial charge in [0.05, 0.1) is 25.7 Å². The molecule has 16 atom stereocenters. The van der Waals surface area contributed by atoms with E-state index in [9.17, 15) is 87.5 Å². The summed E-state index contributed by atoms with van der Waals surface area (Å²) in [6.45, 7) is 9.76. The predicted molar refractivity (Wildman–Crippen MR) is 373 cm³/mol. The van der Waals surface area contributed by atoms with Crippen molar-refractivity contribution >= 4 is 116 Å². The van der Waals surface area contributed by atoms with Gasteiger partial charge in [-0.3, -0.25) is 72.1 Å². The second kappa shape index (κ2) is 42.5. The maximum Gasteiger partial charge on any atom is 0.326 e. The third-order valence-corrected chi connectivity index (χ3v) is 20.8. The molecule has 4 rings (SSSR count). The molecule has 37 nitrogen and oxygen atoms in total. The number of aliphatic hydroxyl groups is 2. The zero-order chi connectivity index (χ0) is 76.2. The van der Waals surface area contributed by atoms with Crippen LogP contribution < -0.4 is 76.1 Å². The number of rotatable bonds is 27. The number of hydrogen-bond donors (Lipinski definition) is 18. The van der Waals surface area contributed by atoms with E-state index in [1.165, 1.54) is 9.80 Å². The van der Waals surface area contributed by atoms with Crippen molar-refractivity contribution in [3.05, 3.63) is 0 Å². The molecule has 0 aliphatic carbocycles. The Morgan fingerprint density at radius 3 is 1.79 bits per heavy atom. The number of unbranched alkanes of at least 4 members (excludes halogenated alkanes) is 1. The highest BCUT2D eigenvalue weighted by Gasteiger charge is 2.47. The molecule has 102 heavy (non-hydrogen) atoms. The average molecular weight is 1480 g/mol. The van der Waals surface area contributed by atoms with Crippen LogP contribution >= 0.6 is 21.6 Å². The summed E-state index contributed by atoms with van der Waals surface area (Å²) in [7, 11) is 1.66. The Hall–Kier alpha value is -8.14. The van der Waals surface area contributed by atoms with Crippen molar-refractivity contribution in [1.82, 2.24) is 67.9 Å². The number of nitrogens with two attached hydrogens (primary N) is 4. The monoisotopic (exact) mass is 1480 g/mol. The van der Waals surface area contributed by atoms with Crippen molar-refractivity contribution in [3.8, 4) is 0 Å². The second-order valence-electron chi connectivity index (χ2n) is 26.3. The van der Waals surface area contributed by atoms with Gasteiger partial charge in [0.25, 0.3) is 0 Å². The van der Waals surface area contributed by atoms with Gasteiger partial charge in [-0.2, -0.15) is 0 Å². The normalized spacial score (nSPS) is 25.8. The Kier molecular flexibility index (Phi) is 35.9. The van der Waals surface area contributed by atoms with Gasteiger partial charge in [0.15, 0.2) is 5.96 Å². The standard InChI is InChI=1S/C63H106N18O19S2/c1-8-32(5)47-57(94)74-40(53(90)75-46(31(3)4)60(97)80-24-14-18-41(80)55(92)71-37(62(99)100)26-45(85)86)30-102-101-29-39(73-50(87)35(69-44(84)27-65)17-12-22-68-63(66)67)54(91)78-49(34(7)83)58(95)70-36(16-10-11-21-64)51(88)72-38(28-82)52(89)77-48(33(6)9-2)61(98)81-25-15-20-43(81)59(96)79-23-13-19-42(79)56(93)76-47/h31-43,46-49,82-83H,8-30,64-65H2,1-7H3,(H,69,84)(H,70,95)(H,71,92)(H,72,88)(H,73,87)(H,74,94)(H,75,90)(H,76,93)(H,77,89)(H,78,91)(H,85,86)(H,99,100)(H4,66,67,68)/t32-,33-,34+,35-,36-,37-,38-,39-,40-,41-,42-,43-,46-,47-,48-,49-/m0/s1.